The molecule has 0 atom stereocenters. The molecule has 0 aliphatic rings. The Kier molecular flexibility index (Phi) is 7.29. The van der Waals surface area contributed by atoms with Gasteiger partial charge in [-0.05, 0) is 60.5 Å². The number of hydrogen-bond donors (Lipinski definition) is 3. The average molecular weight is 398 g/mol. The van der Waals surface area contributed by atoms with Crippen molar-refractivity contribution >= 4 is 17.3 Å². The molecule has 0 radical (unpaired) electrons. The van der Waals surface area contributed by atoms with E-state index in [4.69, 9.17) is 17.0 Å². The zero-order valence-electron chi connectivity index (χ0n) is 14.8. The first-order valence-electron chi connectivity index (χ1n) is 8.33. The van der Waals surface area contributed by atoms with Crippen LogP contribution in [0.3, 0.4) is 0 Å². The topological polar surface area (TPSA) is 53.5 Å². The largest absolute Gasteiger partial charge is 0.504 e. The van der Waals surface area contributed by atoms with Crippen LogP contribution in [0, 0.1) is 0 Å². The number of aryl methyl sites for hydroxylation is 1. The van der Waals surface area contributed by atoms with Gasteiger partial charge >= 0.3 is 6.18 Å². The van der Waals surface area contributed by atoms with Gasteiger partial charge in [-0.1, -0.05) is 18.2 Å². The summed E-state index contributed by atoms with van der Waals surface area (Å²) in [4.78, 5) is 0. The van der Waals surface area contributed by atoms with Crippen molar-refractivity contribution in [1.29, 1.82) is 0 Å². The summed E-state index contributed by atoms with van der Waals surface area (Å²) < 4.78 is 42.6. The monoisotopic (exact) mass is 398 g/mol. The predicted molar refractivity (Wildman–Crippen MR) is 102 cm³/mol. The lowest BCUT2D eigenvalue weighted by atomic mass is 10.1. The van der Waals surface area contributed by atoms with Crippen molar-refractivity contribution in [3.05, 3.63) is 59.2 Å². The van der Waals surface area contributed by atoms with Crippen LogP contribution in [0.25, 0.3) is 0 Å². The van der Waals surface area contributed by atoms with Gasteiger partial charge in [0.1, 0.15) is 0 Å². The molecule has 2 aromatic rings. The van der Waals surface area contributed by atoms with Gasteiger partial charge in [0, 0.05) is 13.1 Å². The van der Waals surface area contributed by atoms with Crippen LogP contribution in [0.15, 0.2) is 42.5 Å². The summed E-state index contributed by atoms with van der Waals surface area (Å²) in [5.41, 5.74) is 1.11. The second kappa shape index (κ2) is 9.45. The Morgan fingerprint density at radius 1 is 1.07 bits per heavy atom. The Labute approximate surface area is 161 Å². The van der Waals surface area contributed by atoms with E-state index >= 15 is 0 Å². The zero-order valence-corrected chi connectivity index (χ0v) is 15.6. The molecule has 0 aliphatic carbocycles. The molecule has 0 bridgehead atoms. The molecule has 0 aromatic heterocycles. The van der Waals surface area contributed by atoms with Crippen molar-refractivity contribution < 1.29 is 23.0 Å². The molecule has 4 nitrogen and oxygen atoms in total. The van der Waals surface area contributed by atoms with E-state index in [1.807, 2.05) is 0 Å². The lowest BCUT2D eigenvalue weighted by Gasteiger charge is -2.12. The number of methoxy groups -OCH3 is 1. The SMILES string of the molecule is COc1cc(CNC(=S)NCCCc2ccc(C(F)(F)F)cc2)ccc1O. The second-order valence-corrected chi connectivity index (χ2v) is 6.32. The molecular weight excluding hydrogens is 377 g/mol. The number of halogens is 3. The fraction of sp³-hybridized carbons (Fsp3) is 0.316. The zero-order chi connectivity index (χ0) is 19.9. The molecule has 2 aromatic carbocycles. The molecule has 0 aliphatic heterocycles. The molecule has 8 heteroatoms. The summed E-state index contributed by atoms with van der Waals surface area (Å²) in [6.45, 7) is 1.08. The van der Waals surface area contributed by atoms with Crippen molar-refractivity contribution in [3.8, 4) is 11.5 Å². The molecule has 0 saturated carbocycles. The van der Waals surface area contributed by atoms with Crippen molar-refractivity contribution in [3.63, 3.8) is 0 Å². The molecular formula is C19H21F3N2O2S. The van der Waals surface area contributed by atoms with E-state index in [1.54, 1.807) is 18.2 Å². The van der Waals surface area contributed by atoms with Gasteiger partial charge < -0.3 is 20.5 Å². The highest BCUT2D eigenvalue weighted by Crippen LogP contribution is 2.29. The first kappa shape index (κ1) is 20.8. The maximum absolute atomic E-state index is 12.5. The molecule has 0 unspecified atom stereocenters. The Bertz CT molecular complexity index is 765. The highest BCUT2D eigenvalue weighted by molar-refractivity contribution is 7.80. The van der Waals surface area contributed by atoms with Crippen LogP contribution in [0.4, 0.5) is 13.2 Å². The molecule has 0 spiro atoms. The Hall–Kier alpha value is -2.48. The van der Waals surface area contributed by atoms with Gasteiger partial charge in [0.15, 0.2) is 16.6 Å². The first-order valence-corrected chi connectivity index (χ1v) is 8.74. The Balaban J connectivity index is 1.69. The minimum absolute atomic E-state index is 0.0743. The van der Waals surface area contributed by atoms with Crippen molar-refractivity contribution in [2.24, 2.45) is 0 Å². The maximum Gasteiger partial charge on any atom is 0.416 e. The third-order valence-electron chi connectivity index (χ3n) is 3.91. The Morgan fingerprint density at radius 2 is 1.74 bits per heavy atom. The minimum Gasteiger partial charge on any atom is -0.504 e. The molecule has 0 saturated heterocycles. The van der Waals surface area contributed by atoms with Gasteiger partial charge in [0.2, 0.25) is 0 Å². The van der Waals surface area contributed by atoms with E-state index in [0.29, 0.717) is 30.4 Å². The number of alkyl halides is 3. The second-order valence-electron chi connectivity index (χ2n) is 5.91. The molecule has 146 valence electrons. The van der Waals surface area contributed by atoms with Crippen LogP contribution in [0.2, 0.25) is 0 Å². The normalized spacial score (nSPS) is 11.1. The van der Waals surface area contributed by atoms with Crippen LogP contribution in [-0.2, 0) is 19.1 Å². The van der Waals surface area contributed by atoms with Gasteiger partial charge in [-0.2, -0.15) is 13.2 Å². The van der Waals surface area contributed by atoms with Crippen LogP contribution < -0.4 is 15.4 Å². The standard InChI is InChI=1S/C19H21F3N2O2S/c1-26-17-11-14(6-9-16(17)25)12-24-18(27)23-10-2-3-13-4-7-15(8-5-13)19(20,21)22/h4-9,11,25H,2-3,10,12H2,1H3,(H2,23,24,27). The van der Waals surface area contributed by atoms with Gasteiger partial charge in [0.25, 0.3) is 0 Å². The Morgan fingerprint density at radius 3 is 2.37 bits per heavy atom. The van der Waals surface area contributed by atoms with E-state index in [2.05, 4.69) is 10.6 Å². The highest BCUT2D eigenvalue weighted by Gasteiger charge is 2.29. The van der Waals surface area contributed by atoms with Gasteiger partial charge in [-0.15, -0.1) is 0 Å². The number of rotatable bonds is 7. The smallest absolute Gasteiger partial charge is 0.416 e. The fourth-order valence-corrected chi connectivity index (χ4v) is 2.61. The number of benzene rings is 2. The predicted octanol–water partition coefficient (Wildman–Crippen LogP) is 4.02. The fourth-order valence-electron chi connectivity index (χ4n) is 2.43. The van der Waals surface area contributed by atoms with Gasteiger partial charge in [-0.3, -0.25) is 0 Å². The summed E-state index contributed by atoms with van der Waals surface area (Å²) in [7, 11) is 1.48. The number of hydrogen-bond acceptors (Lipinski definition) is 3. The quantitative estimate of drug-likeness (QED) is 0.486. The van der Waals surface area contributed by atoms with E-state index in [1.165, 1.54) is 19.2 Å². The lowest BCUT2D eigenvalue weighted by Crippen LogP contribution is -2.35. The number of phenols is 1. The molecule has 0 fully saturated rings. The van der Waals surface area contributed by atoms with E-state index in [9.17, 15) is 18.3 Å². The van der Waals surface area contributed by atoms with Crippen molar-refractivity contribution in [2.75, 3.05) is 13.7 Å². The maximum atomic E-state index is 12.5. The number of ether oxygens (including phenoxy) is 1. The highest BCUT2D eigenvalue weighted by atomic mass is 32.1. The average Bonchev–Trinajstić information content (AvgIpc) is 2.64. The van der Waals surface area contributed by atoms with Crippen LogP contribution in [-0.4, -0.2) is 23.9 Å². The molecule has 2 rings (SSSR count). The minimum atomic E-state index is -4.31. The molecule has 0 amide bonds. The number of nitrogens with one attached hydrogen (secondary N) is 2. The van der Waals surface area contributed by atoms with Crippen LogP contribution in [0.1, 0.15) is 23.1 Å². The lowest BCUT2D eigenvalue weighted by molar-refractivity contribution is -0.137. The first-order chi connectivity index (χ1) is 12.8. The molecule has 27 heavy (non-hydrogen) atoms. The van der Waals surface area contributed by atoms with Crippen molar-refractivity contribution in [2.45, 2.75) is 25.6 Å². The van der Waals surface area contributed by atoms with Crippen LogP contribution in [0.5, 0.6) is 11.5 Å². The number of phenolic OH excluding ortho intramolecular Hbond substituents is 1. The summed E-state index contributed by atoms with van der Waals surface area (Å²) in [5, 5.41) is 16.2. The van der Waals surface area contributed by atoms with Gasteiger partial charge in [-0.25, -0.2) is 0 Å². The van der Waals surface area contributed by atoms with Crippen molar-refractivity contribution in [1.82, 2.24) is 10.6 Å². The molecule has 3 N–H and O–H groups in total. The third kappa shape index (κ3) is 6.63. The summed E-state index contributed by atoms with van der Waals surface area (Å²) in [5.74, 6) is 0.468. The summed E-state index contributed by atoms with van der Waals surface area (Å²) in [6, 6.07) is 10.2. The van der Waals surface area contributed by atoms with E-state index < -0.39 is 11.7 Å². The summed E-state index contributed by atoms with van der Waals surface area (Å²) >= 11 is 5.20. The van der Waals surface area contributed by atoms with Gasteiger partial charge in [0.05, 0.1) is 12.7 Å². The molecule has 0 heterocycles. The third-order valence-corrected chi connectivity index (χ3v) is 4.19. The number of thiocarbonyl (C=S) groups is 1. The number of aromatic hydroxyl groups is 1. The van der Waals surface area contributed by atoms with E-state index in [0.717, 1.165) is 29.7 Å². The summed E-state index contributed by atoms with van der Waals surface area (Å²) in [6.07, 6.45) is -2.91. The van der Waals surface area contributed by atoms with E-state index in [-0.39, 0.29) is 5.75 Å². The van der Waals surface area contributed by atoms with Crippen LogP contribution >= 0.6 is 12.2 Å².